The highest BCUT2D eigenvalue weighted by molar-refractivity contribution is 6.36. The first kappa shape index (κ1) is 10.9. The molecular weight excluding hydrogens is 252 g/mol. The fourth-order valence-corrected chi connectivity index (χ4v) is 2.32. The van der Waals surface area contributed by atoms with E-state index in [2.05, 4.69) is 9.97 Å². The molecule has 0 fully saturated rings. The molecule has 3 rings (SSSR count). The Hall–Kier alpha value is -2.27. The molecule has 90 valence electrons. The number of benzene rings is 1. The minimum Gasteiger partial charge on any atom is -0.383 e. The number of anilines is 1. The van der Waals surface area contributed by atoms with Crippen LogP contribution in [-0.2, 0) is 0 Å². The van der Waals surface area contributed by atoms with Crippen molar-refractivity contribution in [2.75, 3.05) is 5.73 Å². The van der Waals surface area contributed by atoms with E-state index in [1.54, 1.807) is 6.07 Å². The number of carbonyl (C=O) groups excluding carboxylic acids is 1. The van der Waals surface area contributed by atoms with Crippen molar-refractivity contribution in [3.63, 3.8) is 0 Å². The number of nitrogens with two attached hydrogens (primary N) is 2. The summed E-state index contributed by atoms with van der Waals surface area (Å²) in [5.74, 6) is -0.223. The van der Waals surface area contributed by atoms with Crippen molar-refractivity contribution in [2.24, 2.45) is 5.73 Å². The molecule has 18 heavy (non-hydrogen) atoms. The number of halogens is 1. The van der Waals surface area contributed by atoms with Crippen molar-refractivity contribution in [3.05, 3.63) is 35.0 Å². The highest BCUT2D eigenvalue weighted by atomic mass is 35.5. The van der Waals surface area contributed by atoms with Crippen molar-refractivity contribution < 1.29 is 4.79 Å². The second kappa shape index (κ2) is 3.61. The van der Waals surface area contributed by atoms with Gasteiger partial charge in [-0.15, -0.1) is 0 Å². The van der Waals surface area contributed by atoms with E-state index in [4.69, 9.17) is 23.1 Å². The molecule has 1 amide bonds. The Morgan fingerprint density at radius 3 is 2.83 bits per heavy atom. The summed E-state index contributed by atoms with van der Waals surface area (Å²) in [4.78, 5) is 18.5. The van der Waals surface area contributed by atoms with Gasteiger partial charge in [0.1, 0.15) is 5.82 Å². The summed E-state index contributed by atoms with van der Waals surface area (Å²) in [5, 5.41) is 2.05. The van der Waals surface area contributed by atoms with Crippen LogP contribution >= 0.6 is 11.6 Å². The quantitative estimate of drug-likeness (QED) is 0.624. The highest BCUT2D eigenvalue weighted by Crippen LogP contribution is 2.33. The molecule has 2 aromatic heterocycles. The highest BCUT2D eigenvalue weighted by Gasteiger charge is 2.16. The van der Waals surface area contributed by atoms with E-state index in [1.165, 1.54) is 6.20 Å². The third kappa shape index (κ3) is 1.34. The number of pyridine rings is 1. The lowest BCUT2D eigenvalue weighted by atomic mass is 10.1. The van der Waals surface area contributed by atoms with Gasteiger partial charge in [0.25, 0.3) is 5.91 Å². The normalized spacial score (nSPS) is 11.2. The number of aromatic amines is 1. The van der Waals surface area contributed by atoms with Crippen LogP contribution in [0, 0.1) is 0 Å². The Morgan fingerprint density at radius 2 is 2.11 bits per heavy atom. The number of H-pyrrole nitrogens is 1. The summed E-state index contributed by atoms with van der Waals surface area (Å²) < 4.78 is 0. The monoisotopic (exact) mass is 260 g/mol. The van der Waals surface area contributed by atoms with Crippen LogP contribution in [0.25, 0.3) is 21.8 Å². The van der Waals surface area contributed by atoms with Gasteiger partial charge in [-0.2, -0.15) is 0 Å². The van der Waals surface area contributed by atoms with Crippen LogP contribution in [0.1, 0.15) is 10.4 Å². The van der Waals surface area contributed by atoms with Crippen LogP contribution in [0.15, 0.2) is 24.4 Å². The van der Waals surface area contributed by atoms with E-state index in [1.807, 2.05) is 12.1 Å². The number of hydrogen-bond acceptors (Lipinski definition) is 3. The molecule has 0 saturated heterocycles. The number of nitrogen functional groups attached to an aromatic ring is 1. The van der Waals surface area contributed by atoms with Gasteiger partial charge in [0.05, 0.1) is 27.0 Å². The Bertz CT molecular complexity index is 793. The van der Waals surface area contributed by atoms with E-state index in [0.29, 0.717) is 27.3 Å². The number of hydrogen-bond donors (Lipinski definition) is 3. The Morgan fingerprint density at radius 1 is 1.33 bits per heavy atom. The number of nitrogens with one attached hydrogen (secondary N) is 1. The molecule has 0 aliphatic heterocycles. The lowest BCUT2D eigenvalue weighted by Crippen LogP contribution is -2.12. The second-order valence-corrected chi connectivity index (χ2v) is 4.37. The van der Waals surface area contributed by atoms with Crippen LogP contribution in [0.4, 0.5) is 5.82 Å². The maximum absolute atomic E-state index is 11.4. The molecule has 0 atom stereocenters. The van der Waals surface area contributed by atoms with Crippen molar-refractivity contribution in [3.8, 4) is 0 Å². The standard InChI is InChI=1S/C12H9ClN4O/c13-7-3-1-2-5-8-10(17-9(5)7)6(12(15)18)4-16-11(8)14/h1-4,17H,(H2,14,16)(H2,15,18). The van der Waals surface area contributed by atoms with Crippen molar-refractivity contribution in [1.82, 2.24) is 9.97 Å². The zero-order chi connectivity index (χ0) is 12.9. The van der Waals surface area contributed by atoms with Crippen LogP contribution < -0.4 is 11.5 Å². The maximum Gasteiger partial charge on any atom is 0.252 e. The number of amides is 1. The first-order valence-electron chi connectivity index (χ1n) is 5.23. The van der Waals surface area contributed by atoms with Crippen LogP contribution in [0.5, 0.6) is 0 Å². The average Bonchev–Trinajstić information content (AvgIpc) is 2.70. The molecule has 0 bridgehead atoms. The molecule has 0 aliphatic carbocycles. The molecule has 0 radical (unpaired) electrons. The number of nitrogens with zero attached hydrogens (tertiary/aromatic N) is 1. The number of rotatable bonds is 1. The lowest BCUT2D eigenvalue weighted by molar-refractivity contribution is 0.100. The minimum absolute atomic E-state index is 0.298. The summed E-state index contributed by atoms with van der Waals surface area (Å²) in [7, 11) is 0. The molecule has 6 heteroatoms. The molecule has 3 aromatic rings. The number of primary amides is 1. The van der Waals surface area contributed by atoms with Crippen molar-refractivity contribution >= 4 is 45.1 Å². The lowest BCUT2D eigenvalue weighted by Gasteiger charge is -2.00. The zero-order valence-corrected chi connectivity index (χ0v) is 9.95. The topological polar surface area (TPSA) is 97.8 Å². The Labute approximate surface area is 107 Å². The molecule has 1 aromatic carbocycles. The fraction of sp³-hybridized carbons (Fsp3) is 0. The van der Waals surface area contributed by atoms with Gasteiger partial charge >= 0.3 is 0 Å². The second-order valence-electron chi connectivity index (χ2n) is 3.96. The molecule has 5 N–H and O–H groups in total. The summed E-state index contributed by atoms with van der Waals surface area (Å²) >= 11 is 6.10. The van der Waals surface area contributed by atoms with Gasteiger partial charge in [-0.25, -0.2) is 4.98 Å². The van der Waals surface area contributed by atoms with E-state index < -0.39 is 5.91 Å². The first-order chi connectivity index (χ1) is 8.59. The first-order valence-corrected chi connectivity index (χ1v) is 5.61. The van der Waals surface area contributed by atoms with Gasteiger partial charge in [0, 0.05) is 11.6 Å². The van der Waals surface area contributed by atoms with E-state index in [0.717, 1.165) is 10.9 Å². The fourth-order valence-electron chi connectivity index (χ4n) is 2.10. The number of carbonyl (C=O) groups is 1. The van der Waals surface area contributed by atoms with Crippen molar-refractivity contribution in [2.45, 2.75) is 0 Å². The maximum atomic E-state index is 11.4. The molecule has 0 unspecified atom stereocenters. The summed E-state index contributed by atoms with van der Waals surface area (Å²) in [6, 6.07) is 5.43. The van der Waals surface area contributed by atoms with E-state index in [9.17, 15) is 4.79 Å². The van der Waals surface area contributed by atoms with Crippen LogP contribution in [-0.4, -0.2) is 15.9 Å². The van der Waals surface area contributed by atoms with Gasteiger partial charge in [-0.05, 0) is 6.07 Å². The van der Waals surface area contributed by atoms with E-state index >= 15 is 0 Å². The molecule has 5 nitrogen and oxygen atoms in total. The molecular formula is C12H9ClN4O. The summed E-state index contributed by atoms with van der Waals surface area (Å²) in [5.41, 5.74) is 12.8. The zero-order valence-electron chi connectivity index (χ0n) is 9.20. The number of para-hydroxylation sites is 1. The Balaban J connectivity index is 2.60. The van der Waals surface area contributed by atoms with Gasteiger partial charge in [-0.3, -0.25) is 4.79 Å². The van der Waals surface area contributed by atoms with Gasteiger partial charge in [0.15, 0.2) is 0 Å². The minimum atomic E-state index is -0.560. The van der Waals surface area contributed by atoms with E-state index in [-0.39, 0.29) is 0 Å². The summed E-state index contributed by atoms with van der Waals surface area (Å²) in [6.45, 7) is 0. The molecule has 0 aliphatic rings. The predicted octanol–water partition coefficient (Wildman–Crippen LogP) is 2.05. The molecule has 0 saturated carbocycles. The SMILES string of the molecule is NC(=O)c1cnc(N)c2c1[nH]c1c(Cl)cccc12. The van der Waals surface area contributed by atoms with Crippen molar-refractivity contribution in [1.29, 1.82) is 0 Å². The van der Waals surface area contributed by atoms with Gasteiger partial charge in [0.2, 0.25) is 0 Å². The number of fused-ring (bicyclic) bond motifs is 3. The molecule has 2 heterocycles. The third-order valence-electron chi connectivity index (χ3n) is 2.91. The smallest absolute Gasteiger partial charge is 0.252 e. The predicted molar refractivity (Wildman–Crippen MR) is 71.5 cm³/mol. The Kier molecular flexibility index (Phi) is 2.18. The number of aromatic nitrogens is 2. The average molecular weight is 261 g/mol. The van der Waals surface area contributed by atoms with Gasteiger partial charge in [-0.1, -0.05) is 23.7 Å². The largest absolute Gasteiger partial charge is 0.383 e. The van der Waals surface area contributed by atoms with Crippen LogP contribution in [0.3, 0.4) is 0 Å². The van der Waals surface area contributed by atoms with Gasteiger partial charge < -0.3 is 16.5 Å². The summed E-state index contributed by atoms with van der Waals surface area (Å²) in [6.07, 6.45) is 1.36. The third-order valence-corrected chi connectivity index (χ3v) is 3.22. The molecule has 0 spiro atoms. The van der Waals surface area contributed by atoms with Crippen LogP contribution in [0.2, 0.25) is 5.02 Å².